The van der Waals surface area contributed by atoms with Gasteiger partial charge in [-0.2, -0.15) is 10.1 Å². The first kappa shape index (κ1) is 13.0. The van der Waals surface area contributed by atoms with Crippen molar-refractivity contribution in [3.63, 3.8) is 0 Å². The third-order valence-electron chi connectivity index (χ3n) is 1.28. The summed E-state index contributed by atoms with van der Waals surface area (Å²) in [6.45, 7) is 5.70. The molecule has 5 nitrogen and oxygen atoms in total. The quantitative estimate of drug-likeness (QED) is 0.413. The van der Waals surface area contributed by atoms with Gasteiger partial charge in [-0.1, -0.05) is 30.8 Å². The zero-order valence-electron chi connectivity index (χ0n) is 8.60. The summed E-state index contributed by atoms with van der Waals surface area (Å²) in [6.07, 6.45) is 1.91. The van der Waals surface area contributed by atoms with E-state index in [0.29, 0.717) is 12.2 Å². The third kappa shape index (κ3) is 3.37. The van der Waals surface area contributed by atoms with Crippen molar-refractivity contribution in [1.29, 1.82) is 0 Å². The first-order valence-corrected chi connectivity index (χ1v) is 5.44. The Labute approximate surface area is 87.8 Å². The molecule has 0 aromatic heterocycles. The third-order valence-corrected chi connectivity index (χ3v) is 2.20. The number of carbonyl (C=O) groups is 1. The summed E-state index contributed by atoms with van der Waals surface area (Å²) < 4.78 is 0. The molecule has 80 valence electrons. The molecule has 0 unspecified atom stereocenters. The van der Waals surface area contributed by atoms with Gasteiger partial charge in [0, 0.05) is 18.4 Å². The van der Waals surface area contributed by atoms with Gasteiger partial charge in [-0.25, -0.2) is 0 Å². The highest BCUT2D eigenvalue weighted by atomic mass is 32.2. The molecule has 14 heavy (non-hydrogen) atoms. The van der Waals surface area contributed by atoms with Crippen LogP contribution in [0.2, 0.25) is 0 Å². The van der Waals surface area contributed by atoms with Crippen LogP contribution in [0.3, 0.4) is 0 Å². The maximum absolute atomic E-state index is 11.2. The summed E-state index contributed by atoms with van der Waals surface area (Å²) in [5.74, 6) is 0.508. The fourth-order valence-electron chi connectivity index (χ4n) is 0.804. The Kier molecular flexibility index (Phi) is 6.82. The number of rotatable bonds is 1. The van der Waals surface area contributed by atoms with Crippen LogP contribution in [0, 0.1) is 0 Å². The summed E-state index contributed by atoms with van der Waals surface area (Å²) in [6, 6.07) is 0. The molecule has 1 aliphatic rings. The molecule has 0 bridgehead atoms. The van der Waals surface area contributed by atoms with E-state index in [1.807, 2.05) is 13.8 Å². The molecule has 1 aliphatic heterocycles. The van der Waals surface area contributed by atoms with Crippen molar-refractivity contribution in [3.8, 4) is 0 Å². The molecule has 1 amide bonds. The number of thioether (sulfide) groups is 1. The van der Waals surface area contributed by atoms with E-state index < -0.39 is 0 Å². The number of nitrogens with zero attached hydrogens (tertiary/aromatic N) is 3. The molecule has 0 aliphatic carbocycles. The van der Waals surface area contributed by atoms with Crippen molar-refractivity contribution in [3.05, 3.63) is 0 Å². The monoisotopic (exact) mass is 217 g/mol. The van der Waals surface area contributed by atoms with E-state index in [4.69, 9.17) is 5.21 Å². The van der Waals surface area contributed by atoms with Crippen LogP contribution in [0.15, 0.2) is 10.3 Å². The Morgan fingerprint density at radius 1 is 1.57 bits per heavy atom. The molecule has 1 heterocycles. The highest BCUT2D eigenvalue weighted by Crippen LogP contribution is 2.18. The lowest BCUT2D eigenvalue weighted by Crippen LogP contribution is -2.34. The Morgan fingerprint density at radius 3 is 2.71 bits per heavy atom. The molecule has 1 N–H and O–H groups in total. The lowest BCUT2D eigenvalue weighted by Gasteiger charge is -2.20. The number of amides is 1. The highest BCUT2D eigenvalue weighted by Gasteiger charge is 2.24. The smallest absolute Gasteiger partial charge is 0.250 e. The van der Waals surface area contributed by atoms with Crippen LogP contribution in [0.25, 0.3) is 0 Å². The number of amidine groups is 1. The van der Waals surface area contributed by atoms with Gasteiger partial charge in [0.05, 0.1) is 0 Å². The maximum Gasteiger partial charge on any atom is 0.250 e. The van der Waals surface area contributed by atoms with Crippen molar-refractivity contribution in [2.24, 2.45) is 10.3 Å². The Hall–Kier alpha value is -1.04. The Morgan fingerprint density at radius 2 is 2.21 bits per heavy atom. The van der Waals surface area contributed by atoms with E-state index in [1.54, 1.807) is 6.92 Å². The van der Waals surface area contributed by atoms with Gasteiger partial charge in [-0.3, -0.25) is 4.79 Å². The van der Waals surface area contributed by atoms with Gasteiger partial charge in [0.2, 0.25) is 11.1 Å². The molecule has 0 aromatic rings. The fourth-order valence-corrected chi connectivity index (χ4v) is 1.59. The van der Waals surface area contributed by atoms with Gasteiger partial charge < -0.3 is 5.21 Å². The van der Waals surface area contributed by atoms with Gasteiger partial charge in [0.15, 0.2) is 0 Å². The van der Waals surface area contributed by atoms with Gasteiger partial charge in [-0.15, -0.1) is 0 Å². The normalized spacial score (nSPS) is 19.8. The zero-order valence-corrected chi connectivity index (χ0v) is 9.41. The van der Waals surface area contributed by atoms with Gasteiger partial charge >= 0.3 is 0 Å². The van der Waals surface area contributed by atoms with Crippen LogP contribution in [0.5, 0.6) is 0 Å². The van der Waals surface area contributed by atoms with E-state index in [2.05, 4.69) is 10.3 Å². The number of hydrazone groups is 1. The second-order valence-electron chi connectivity index (χ2n) is 2.06. The SMILES string of the molecule is C/C=N/N1C(=O)CCS/C1=N\O.CC. The lowest BCUT2D eigenvalue weighted by atomic mass is 10.4. The molecular formula is C8H15N3O2S. The van der Waals surface area contributed by atoms with Crippen molar-refractivity contribution in [2.75, 3.05) is 5.75 Å². The molecule has 0 spiro atoms. The summed E-state index contributed by atoms with van der Waals surface area (Å²) in [4.78, 5) is 11.2. The van der Waals surface area contributed by atoms with Crippen molar-refractivity contribution in [2.45, 2.75) is 27.2 Å². The number of oxime groups is 1. The largest absolute Gasteiger partial charge is 0.409 e. The average molecular weight is 217 g/mol. The first-order valence-electron chi connectivity index (χ1n) is 4.46. The number of carbonyl (C=O) groups excluding carboxylic acids is 1. The minimum atomic E-state index is -0.139. The summed E-state index contributed by atoms with van der Waals surface area (Å²) in [5.41, 5.74) is 0. The van der Waals surface area contributed by atoms with E-state index in [1.165, 1.54) is 18.0 Å². The zero-order chi connectivity index (χ0) is 11.0. The second kappa shape index (κ2) is 7.37. The Balaban J connectivity index is 0.000000791. The van der Waals surface area contributed by atoms with Gasteiger partial charge in [-0.05, 0) is 6.92 Å². The summed E-state index contributed by atoms with van der Waals surface area (Å²) >= 11 is 1.31. The van der Waals surface area contributed by atoms with Crippen LogP contribution >= 0.6 is 11.8 Å². The second-order valence-corrected chi connectivity index (χ2v) is 3.12. The van der Waals surface area contributed by atoms with E-state index in [0.717, 1.165) is 5.01 Å². The minimum Gasteiger partial charge on any atom is -0.409 e. The van der Waals surface area contributed by atoms with Crippen LogP contribution in [0.1, 0.15) is 27.2 Å². The standard InChI is InChI=1S/C6H9N3O2S.C2H6/c1-2-7-9-5(10)3-4-12-6(9)8-11;1-2/h2,11H,3-4H2,1H3;1-2H3/b7-2+,8-6-;. The van der Waals surface area contributed by atoms with Gasteiger partial charge in [0.1, 0.15) is 0 Å². The molecule has 6 heteroatoms. The van der Waals surface area contributed by atoms with Crippen LogP contribution in [-0.2, 0) is 4.79 Å². The van der Waals surface area contributed by atoms with E-state index in [9.17, 15) is 4.79 Å². The van der Waals surface area contributed by atoms with E-state index >= 15 is 0 Å². The topological polar surface area (TPSA) is 65.3 Å². The molecule has 1 saturated heterocycles. The number of hydrogen-bond donors (Lipinski definition) is 1. The predicted octanol–water partition coefficient (Wildman–Crippen LogP) is 1.73. The molecule has 0 saturated carbocycles. The first-order chi connectivity index (χ1) is 6.79. The minimum absolute atomic E-state index is 0.139. The van der Waals surface area contributed by atoms with Crippen molar-refractivity contribution < 1.29 is 10.0 Å². The average Bonchev–Trinajstić information content (AvgIpc) is 2.24. The highest BCUT2D eigenvalue weighted by molar-refractivity contribution is 8.13. The number of hydrogen-bond acceptors (Lipinski definition) is 5. The van der Waals surface area contributed by atoms with Crippen LogP contribution in [-0.4, -0.2) is 33.3 Å². The summed E-state index contributed by atoms with van der Waals surface area (Å²) in [7, 11) is 0. The van der Waals surface area contributed by atoms with Crippen LogP contribution < -0.4 is 0 Å². The molecule has 0 radical (unpaired) electrons. The molecule has 0 aromatic carbocycles. The lowest BCUT2D eigenvalue weighted by molar-refractivity contribution is -0.127. The maximum atomic E-state index is 11.2. The molecule has 1 fully saturated rings. The van der Waals surface area contributed by atoms with Crippen molar-refractivity contribution >= 4 is 29.1 Å². The van der Waals surface area contributed by atoms with Crippen LogP contribution in [0.4, 0.5) is 0 Å². The predicted molar refractivity (Wildman–Crippen MR) is 58.7 cm³/mol. The Bertz CT molecular complexity index is 241. The molecular weight excluding hydrogens is 202 g/mol. The van der Waals surface area contributed by atoms with E-state index in [-0.39, 0.29) is 11.1 Å². The van der Waals surface area contributed by atoms with Crippen molar-refractivity contribution in [1.82, 2.24) is 5.01 Å². The molecule has 1 rings (SSSR count). The van der Waals surface area contributed by atoms with Gasteiger partial charge in [0.25, 0.3) is 0 Å². The molecule has 0 atom stereocenters. The summed E-state index contributed by atoms with van der Waals surface area (Å²) in [5, 5.41) is 16.6. The fraction of sp³-hybridized carbons (Fsp3) is 0.625.